The first kappa shape index (κ1) is 24.8. The van der Waals surface area contributed by atoms with Crippen LogP contribution in [0.25, 0.3) is 11.3 Å². The number of rotatable bonds is 9. The van der Waals surface area contributed by atoms with Crippen LogP contribution in [0.5, 0.6) is 11.5 Å². The van der Waals surface area contributed by atoms with Crippen LogP contribution in [-0.2, 0) is 14.2 Å². The van der Waals surface area contributed by atoms with Crippen LogP contribution in [0.2, 0.25) is 0 Å². The molecule has 3 aliphatic rings. The van der Waals surface area contributed by atoms with Crippen LogP contribution in [0.15, 0.2) is 23.0 Å². The van der Waals surface area contributed by atoms with Crippen molar-refractivity contribution in [2.75, 3.05) is 40.1 Å². The third kappa shape index (κ3) is 4.18. The van der Waals surface area contributed by atoms with E-state index in [-0.39, 0.29) is 29.4 Å². The second-order valence-corrected chi connectivity index (χ2v) is 9.96. The molecule has 0 N–H and O–H groups in total. The Morgan fingerprint density at radius 2 is 2.00 bits per heavy atom. The molecule has 0 bridgehead atoms. The maximum Gasteiger partial charge on any atom is 0.343 e. The highest BCUT2D eigenvalue weighted by molar-refractivity contribution is 5.90. The van der Waals surface area contributed by atoms with E-state index < -0.39 is 23.4 Å². The molecule has 3 heterocycles. The van der Waals surface area contributed by atoms with Crippen molar-refractivity contribution in [1.29, 1.82) is 0 Å². The summed E-state index contributed by atoms with van der Waals surface area (Å²) < 4.78 is 44.8. The fourth-order valence-corrected chi connectivity index (χ4v) is 5.09. The second-order valence-electron chi connectivity index (χ2n) is 9.96. The van der Waals surface area contributed by atoms with Crippen molar-refractivity contribution in [3.63, 3.8) is 0 Å². The van der Waals surface area contributed by atoms with Crippen molar-refractivity contribution in [3.8, 4) is 22.8 Å². The van der Waals surface area contributed by atoms with Gasteiger partial charge in [-0.25, -0.2) is 9.18 Å². The van der Waals surface area contributed by atoms with Crippen molar-refractivity contribution >= 4 is 5.97 Å². The van der Waals surface area contributed by atoms with Gasteiger partial charge in [-0.1, -0.05) is 6.92 Å². The van der Waals surface area contributed by atoms with E-state index in [0.29, 0.717) is 55.4 Å². The highest BCUT2D eigenvalue weighted by Crippen LogP contribution is 2.53. The van der Waals surface area contributed by atoms with Crippen LogP contribution in [0.1, 0.15) is 67.6 Å². The maximum absolute atomic E-state index is 15.2. The van der Waals surface area contributed by atoms with Crippen LogP contribution in [-0.4, -0.2) is 50.7 Å². The summed E-state index contributed by atoms with van der Waals surface area (Å²) in [5, 5.41) is 0. The Balaban J connectivity index is 1.68. The van der Waals surface area contributed by atoms with E-state index >= 15 is 4.39 Å². The Bertz CT molecular complexity index is 1220. The Kier molecular flexibility index (Phi) is 6.78. The third-order valence-electron chi connectivity index (χ3n) is 7.26. The number of benzene rings is 1. The second kappa shape index (κ2) is 9.86. The quantitative estimate of drug-likeness (QED) is 0.371. The van der Waals surface area contributed by atoms with Crippen LogP contribution >= 0.6 is 0 Å². The number of esters is 1. The van der Waals surface area contributed by atoms with Gasteiger partial charge in [-0.15, -0.1) is 0 Å². The Morgan fingerprint density at radius 1 is 1.22 bits per heavy atom. The number of aromatic nitrogens is 1. The molecule has 1 aliphatic carbocycles. The fraction of sp³-hybridized carbons (Fsp3) is 0.556. The first-order valence-electron chi connectivity index (χ1n) is 12.5. The van der Waals surface area contributed by atoms with Crippen LogP contribution < -0.4 is 15.0 Å². The van der Waals surface area contributed by atoms with Crippen LogP contribution in [0.4, 0.5) is 4.39 Å². The molecule has 1 atom stereocenters. The normalized spacial score (nSPS) is 19.8. The van der Waals surface area contributed by atoms with E-state index in [4.69, 9.17) is 23.7 Å². The topological polar surface area (TPSA) is 85.2 Å². The van der Waals surface area contributed by atoms with E-state index in [2.05, 4.69) is 0 Å². The molecule has 1 saturated carbocycles. The first-order valence-corrected chi connectivity index (χ1v) is 12.5. The van der Waals surface area contributed by atoms with Crippen molar-refractivity contribution in [1.82, 2.24) is 4.57 Å². The van der Waals surface area contributed by atoms with Gasteiger partial charge >= 0.3 is 5.97 Å². The summed E-state index contributed by atoms with van der Waals surface area (Å²) >= 11 is 0. The zero-order valence-corrected chi connectivity index (χ0v) is 20.9. The van der Waals surface area contributed by atoms with Gasteiger partial charge in [0.25, 0.3) is 5.56 Å². The van der Waals surface area contributed by atoms with Gasteiger partial charge in [-0.2, -0.15) is 0 Å². The lowest BCUT2D eigenvalue weighted by Crippen LogP contribution is -2.48. The number of hydrogen-bond acceptors (Lipinski definition) is 7. The first-order chi connectivity index (χ1) is 17.4. The average Bonchev–Trinajstić information content (AvgIpc) is 2.80. The number of pyridine rings is 1. The number of halogens is 1. The summed E-state index contributed by atoms with van der Waals surface area (Å²) in [5.41, 5.74) is 0.929. The summed E-state index contributed by atoms with van der Waals surface area (Å²) in [6.45, 7) is 5.64. The molecule has 36 heavy (non-hydrogen) atoms. The van der Waals surface area contributed by atoms with Gasteiger partial charge in [0, 0.05) is 43.4 Å². The van der Waals surface area contributed by atoms with E-state index in [1.54, 1.807) is 30.7 Å². The molecule has 2 fully saturated rings. The SMILES string of the molecule is CCOC(=O)c1cc2c(n(C3CCC3)c1=O)-c1cc(F)c(OCCCOC)cc1OC2C1(C)COC1. The number of carbonyl (C=O) groups excluding carboxylic acids is 1. The molecule has 1 aromatic heterocycles. The molecule has 8 nitrogen and oxygen atoms in total. The van der Waals surface area contributed by atoms with Crippen molar-refractivity contribution < 1.29 is 32.9 Å². The predicted molar refractivity (Wildman–Crippen MR) is 129 cm³/mol. The molecular weight excluding hydrogens is 469 g/mol. The van der Waals surface area contributed by atoms with Crippen molar-refractivity contribution in [2.45, 2.75) is 51.7 Å². The lowest BCUT2D eigenvalue weighted by Gasteiger charge is -2.47. The van der Waals surface area contributed by atoms with E-state index in [1.807, 2.05) is 6.92 Å². The zero-order chi connectivity index (χ0) is 25.4. The van der Waals surface area contributed by atoms with Crippen LogP contribution in [0.3, 0.4) is 0 Å². The maximum atomic E-state index is 15.2. The molecule has 1 aromatic carbocycles. The summed E-state index contributed by atoms with van der Waals surface area (Å²) in [6.07, 6.45) is 2.72. The standard InChI is InChI=1S/C27H32FNO7/c1-4-34-26(31)19-11-18-23(29(25(19)30)16-7-5-8-16)17-12-20(28)22(35-10-6-9-32-3)13-21(17)36-24(18)27(2)14-33-15-27/h11-13,16,24H,4-10,14-15H2,1-3H3. The molecule has 0 spiro atoms. The molecule has 194 valence electrons. The monoisotopic (exact) mass is 501 g/mol. The Hall–Kier alpha value is -2.91. The molecular formula is C27H32FNO7. The summed E-state index contributed by atoms with van der Waals surface area (Å²) in [7, 11) is 1.60. The van der Waals surface area contributed by atoms with Crippen molar-refractivity contribution in [2.24, 2.45) is 5.41 Å². The van der Waals surface area contributed by atoms with Gasteiger partial charge in [-0.3, -0.25) is 4.79 Å². The minimum atomic E-state index is -0.663. The van der Waals surface area contributed by atoms with E-state index in [0.717, 1.165) is 19.3 Å². The number of fused-ring (bicyclic) bond motifs is 3. The molecule has 0 radical (unpaired) electrons. The van der Waals surface area contributed by atoms with Gasteiger partial charge in [0.15, 0.2) is 11.6 Å². The minimum absolute atomic E-state index is 0.0260. The third-order valence-corrected chi connectivity index (χ3v) is 7.26. The smallest absolute Gasteiger partial charge is 0.343 e. The number of carbonyl (C=O) groups is 1. The van der Waals surface area contributed by atoms with Gasteiger partial charge in [-0.05, 0) is 38.3 Å². The molecule has 1 unspecified atom stereocenters. The van der Waals surface area contributed by atoms with Crippen LogP contribution in [0, 0.1) is 11.2 Å². The fourth-order valence-electron chi connectivity index (χ4n) is 5.09. The predicted octanol–water partition coefficient (Wildman–Crippen LogP) is 4.44. The van der Waals surface area contributed by atoms with E-state index in [9.17, 15) is 9.59 Å². The highest BCUT2D eigenvalue weighted by Gasteiger charge is 2.48. The molecule has 0 amide bonds. The summed E-state index contributed by atoms with van der Waals surface area (Å²) in [6, 6.07) is 4.43. The average molecular weight is 502 g/mol. The minimum Gasteiger partial charge on any atom is -0.490 e. The van der Waals surface area contributed by atoms with E-state index in [1.165, 1.54) is 6.07 Å². The lowest BCUT2D eigenvalue weighted by molar-refractivity contribution is -0.156. The van der Waals surface area contributed by atoms with Gasteiger partial charge in [0.1, 0.15) is 17.4 Å². The lowest BCUT2D eigenvalue weighted by atomic mass is 9.76. The highest BCUT2D eigenvalue weighted by atomic mass is 19.1. The number of hydrogen-bond donors (Lipinski definition) is 0. The summed E-state index contributed by atoms with van der Waals surface area (Å²) in [4.78, 5) is 26.4. The molecule has 2 aliphatic heterocycles. The molecule has 2 aromatic rings. The molecule has 1 saturated heterocycles. The largest absolute Gasteiger partial charge is 0.490 e. The Labute approximate surface area is 209 Å². The number of ether oxygens (including phenoxy) is 5. The van der Waals surface area contributed by atoms with Gasteiger partial charge < -0.3 is 28.3 Å². The number of nitrogens with zero attached hydrogens (tertiary/aromatic N) is 1. The van der Waals surface area contributed by atoms with Gasteiger partial charge in [0.05, 0.1) is 37.5 Å². The number of methoxy groups -OCH3 is 1. The Morgan fingerprint density at radius 3 is 2.61 bits per heavy atom. The van der Waals surface area contributed by atoms with Gasteiger partial charge in [0.2, 0.25) is 0 Å². The summed E-state index contributed by atoms with van der Waals surface area (Å²) in [5.74, 6) is -0.675. The molecule has 9 heteroatoms. The zero-order valence-electron chi connectivity index (χ0n) is 20.9. The molecule has 5 rings (SSSR count). The van der Waals surface area contributed by atoms with Crippen molar-refractivity contribution in [3.05, 3.63) is 45.5 Å².